The fraction of sp³-hybridized carbons (Fsp3) is 0.391. The second kappa shape index (κ2) is 9.58. The van der Waals surface area contributed by atoms with E-state index in [0.717, 1.165) is 41.4 Å². The molecule has 1 atom stereocenters. The van der Waals surface area contributed by atoms with E-state index in [0.29, 0.717) is 18.4 Å². The van der Waals surface area contributed by atoms with Crippen LogP contribution < -0.4 is 11.1 Å². The third-order valence-corrected chi connectivity index (χ3v) is 8.05. The van der Waals surface area contributed by atoms with Crippen molar-refractivity contribution < 1.29 is 22.4 Å². The first kappa shape index (κ1) is 23.3. The van der Waals surface area contributed by atoms with Crippen molar-refractivity contribution in [2.24, 2.45) is 5.73 Å². The number of rotatable bonds is 5. The molecule has 8 nitrogen and oxygen atoms in total. The van der Waals surface area contributed by atoms with Gasteiger partial charge in [-0.05, 0) is 62.1 Å². The van der Waals surface area contributed by atoms with Gasteiger partial charge in [-0.3, -0.25) is 9.59 Å². The van der Waals surface area contributed by atoms with Crippen LogP contribution in [0.2, 0.25) is 0 Å². The van der Waals surface area contributed by atoms with E-state index in [1.165, 1.54) is 4.90 Å². The molecule has 1 unspecified atom stereocenters. The molecule has 2 aromatic rings. The van der Waals surface area contributed by atoms with E-state index < -0.39 is 33.8 Å². The van der Waals surface area contributed by atoms with Crippen molar-refractivity contribution in [1.82, 2.24) is 14.5 Å². The molecule has 2 amide bonds. The number of amides is 2. The number of carbonyl (C=O) groups is 2. The second-order valence-electron chi connectivity index (χ2n) is 8.43. The van der Waals surface area contributed by atoms with Crippen LogP contribution in [-0.4, -0.2) is 60.8 Å². The molecule has 1 aliphatic carbocycles. The highest BCUT2D eigenvalue weighted by Gasteiger charge is 2.47. The van der Waals surface area contributed by atoms with Crippen LogP contribution in [0.4, 0.5) is 4.39 Å². The van der Waals surface area contributed by atoms with E-state index >= 15 is 0 Å². The van der Waals surface area contributed by atoms with Crippen molar-refractivity contribution in [2.75, 3.05) is 13.1 Å². The molecule has 2 aliphatic rings. The second-order valence-corrected chi connectivity index (χ2v) is 10.3. The molecule has 1 aliphatic heterocycles. The summed E-state index contributed by atoms with van der Waals surface area (Å²) in [5, 5.41) is 2.93. The fourth-order valence-corrected chi connectivity index (χ4v) is 5.92. The summed E-state index contributed by atoms with van der Waals surface area (Å²) in [6, 6.07) is 12.8. The number of sulfonamides is 1. The molecule has 0 aromatic heterocycles. The van der Waals surface area contributed by atoms with Crippen molar-refractivity contribution in [3.63, 3.8) is 0 Å². The maximum absolute atomic E-state index is 13.4. The van der Waals surface area contributed by atoms with Gasteiger partial charge < -0.3 is 16.0 Å². The SMILES string of the molecule is NC1CCC(NC(=O)C2N(C(=O)c3ccccc3)CCN2S(=O)(=O)c2ccc(F)cc2)CC1. The zero-order valence-electron chi connectivity index (χ0n) is 18.1. The smallest absolute Gasteiger partial charge is 0.259 e. The van der Waals surface area contributed by atoms with Crippen molar-refractivity contribution in [2.45, 2.75) is 48.8 Å². The fourth-order valence-electron chi connectivity index (χ4n) is 4.37. The Bertz CT molecular complexity index is 1100. The number of hydrogen-bond donors (Lipinski definition) is 2. The molecular weight excluding hydrogens is 447 g/mol. The predicted octanol–water partition coefficient (Wildman–Crippen LogP) is 1.68. The van der Waals surface area contributed by atoms with Crippen LogP contribution >= 0.6 is 0 Å². The highest BCUT2D eigenvalue weighted by Crippen LogP contribution is 2.27. The van der Waals surface area contributed by atoms with Gasteiger partial charge in [0, 0.05) is 30.7 Å². The molecule has 10 heteroatoms. The lowest BCUT2D eigenvalue weighted by atomic mass is 9.92. The normalized spacial score (nSPS) is 23.9. The Hall–Kier alpha value is -2.82. The molecule has 4 rings (SSSR count). The summed E-state index contributed by atoms with van der Waals surface area (Å²) in [7, 11) is -4.16. The summed E-state index contributed by atoms with van der Waals surface area (Å²) in [6.07, 6.45) is 1.57. The molecule has 2 aromatic carbocycles. The van der Waals surface area contributed by atoms with Crippen LogP contribution in [0, 0.1) is 5.82 Å². The number of benzene rings is 2. The summed E-state index contributed by atoms with van der Waals surface area (Å²) in [5.74, 6) is -1.55. The summed E-state index contributed by atoms with van der Waals surface area (Å²) in [6.45, 7) is 0.00763. The van der Waals surface area contributed by atoms with Crippen LogP contribution in [0.3, 0.4) is 0 Å². The van der Waals surface area contributed by atoms with Gasteiger partial charge >= 0.3 is 0 Å². The minimum absolute atomic E-state index is 0.0497. The minimum atomic E-state index is -4.16. The minimum Gasteiger partial charge on any atom is -0.350 e. The van der Waals surface area contributed by atoms with Gasteiger partial charge in [0.25, 0.3) is 11.8 Å². The summed E-state index contributed by atoms with van der Waals surface area (Å²) in [5.41, 5.74) is 6.31. The van der Waals surface area contributed by atoms with E-state index in [9.17, 15) is 22.4 Å². The lowest BCUT2D eigenvalue weighted by Gasteiger charge is -2.32. The molecule has 176 valence electrons. The number of carbonyl (C=O) groups excluding carboxylic acids is 2. The molecule has 3 N–H and O–H groups in total. The van der Waals surface area contributed by atoms with E-state index in [2.05, 4.69) is 5.32 Å². The molecule has 0 radical (unpaired) electrons. The average molecular weight is 475 g/mol. The first-order valence-corrected chi connectivity index (χ1v) is 12.4. The Morgan fingerprint density at radius 2 is 1.58 bits per heavy atom. The first-order chi connectivity index (χ1) is 15.8. The average Bonchev–Trinajstić information content (AvgIpc) is 3.27. The third-order valence-electron chi connectivity index (χ3n) is 6.18. The third kappa shape index (κ3) is 4.92. The van der Waals surface area contributed by atoms with Crippen molar-refractivity contribution >= 4 is 21.8 Å². The Morgan fingerprint density at radius 1 is 0.939 bits per heavy atom. The monoisotopic (exact) mass is 474 g/mol. The molecule has 1 heterocycles. The van der Waals surface area contributed by atoms with Gasteiger partial charge in [0.15, 0.2) is 6.17 Å². The van der Waals surface area contributed by atoms with Gasteiger partial charge in [-0.1, -0.05) is 18.2 Å². The largest absolute Gasteiger partial charge is 0.350 e. The van der Waals surface area contributed by atoms with Gasteiger partial charge in [0.1, 0.15) is 5.82 Å². The topological polar surface area (TPSA) is 113 Å². The highest BCUT2D eigenvalue weighted by molar-refractivity contribution is 7.89. The lowest BCUT2D eigenvalue weighted by Crippen LogP contribution is -2.56. The Balaban J connectivity index is 1.64. The van der Waals surface area contributed by atoms with E-state index in [-0.39, 0.29) is 30.1 Å². The summed E-state index contributed by atoms with van der Waals surface area (Å²) < 4.78 is 41.1. The molecular formula is C23H27FN4O4S. The number of nitrogens with one attached hydrogen (secondary N) is 1. The quantitative estimate of drug-likeness (QED) is 0.685. The Labute approximate surface area is 192 Å². The molecule has 0 spiro atoms. The number of nitrogens with two attached hydrogens (primary N) is 1. The molecule has 33 heavy (non-hydrogen) atoms. The number of halogens is 1. The Kier molecular flexibility index (Phi) is 6.78. The van der Waals surface area contributed by atoms with Crippen LogP contribution in [0.1, 0.15) is 36.0 Å². The van der Waals surface area contributed by atoms with Gasteiger partial charge in [-0.25, -0.2) is 12.8 Å². The van der Waals surface area contributed by atoms with Crippen molar-refractivity contribution in [1.29, 1.82) is 0 Å². The van der Waals surface area contributed by atoms with Crippen LogP contribution in [-0.2, 0) is 14.8 Å². The number of nitrogens with zero attached hydrogens (tertiary/aromatic N) is 2. The van der Waals surface area contributed by atoms with E-state index in [1.807, 2.05) is 0 Å². The van der Waals surface area contributed by atoms with Crippen molar-refractivity contribution in [3.8, 4) is 0 Å². The zero-order valence-corrected chi connectivity index (χ0v) is 18.9. The highest BCUT2D eigenvalue weighted by atomic mass is 32.2. The van der Waals surface area contributed by atoms with Crippen LogP contribution in [0.25, 0.3) is 0 Å². The standard InChI is InChI=1S/C23H27FN4O4S/c24-17-6-12-20(13-7-17)33(31,32)28-15-14-27(23(30)16-4-2-1-3-5-16)22(28)21(29)26-19-10-8-18(25)9-11-19/h1-7,12-13,18-19,22H,8-11,14-15,25H2,(H,26,29). The zero-order chi connectivity index (χ0) is 23.6. The summed E-state index contributed by atoms with van der Waals surface area (Å²) >= 11 is 0. The maximum Gasteiger partial charge on any atom is 0.259 e. The summed E-state index contributed by atoms with van der Waals surface area (Å²) in [4.78, 5) is 27.7. The van der Waals surface area contributed by atoms with Crippen molar-refractivity contribution in [3.05, 3.63) is 66.0 Å². The molecule has 1 saturated carbocycles. The van der Waals surface area contributed by atoms with Gasteiger partial charge in [-0.15, -0.1) is 0 Å². The Morgan fingerprint density at radius 3 is 2.21 bits per heavy atom. The van der Waals surface area contributed by atoms with Gasteiger partial charge in [0.2, 0.25) is 10.0 Å². The predicted molar refractivity (Wildman–Crippen MR) is 120 cm³/mol. The molecule has 1 saturated heterocycles. The van der Waals surface area contributed by atoms with Gasteiger partial charge in [0.05, 0.1) is 4.90 Å². The van der Waals surface area contributed by atoms with Crippen LogP contribution in [0.15, 0.2) is 59.5 Å². The lowest BCUT2D eigenvalue weighted by molar-refractivity contribution is -0.128. The van der Waals surface area contributed by atoms with Crippen LogP contribution in [0.5, 0.6) is 0 Å². The number of hydrogen-bond acceptors (Lipinski definition) is 5. The molecule has 0 bridgehead atoms. The maximum atomic E-state index is 13.4. The first-order valence-electron chi connectivity index (χ1n) is 11.0. The molecule has 2 fully saturated rings. The van der Waals surface area contributed by atoms with E-state index in [1.54, 1.807) is 30.3 Å². The van der Waals surface area contributed by atoms with Gasteiger partial charge in [-0.2, -0.15) is 4.31 Å². The van der Waals surface area contributed by atoms with E-state index in [4.69, 9.17) is 5.73 Å².